The van der Waals surface area contributed by atoms with Crippen molar-refractivity contribution in [2.24, 2.45) is 0 Å². The van der Waals surface area contributed by atoms with Gasteiger partial charge in [-0.05, 0) is 26.7 Å². The van der Waals surface area contributed by atoms with Crippen LogP contribution in [0.15, 0.2) is 0 Å². The maximum absolute atomic E-state index is 10.2. The van der Waals surface area contributed by atoms with Gasteiger partial charge in [0.1, 0.15) is 0 Å². The number of carbonyl (C=O) groups is 1. The molecule has 76 valence electrons. The van der Waals surface area contributed by atoms with Crippen LogP contribution in [0.1, 0.15) is 26.7 Å². The molecule has 0 aromatic heterocycles. The van der Waals surface area contributed by atoms with Crippen LogP contribution in [-0.2, 0) is 9.53 Å². The smallest absolute Gasteiger partial charge is 0.294 e. The van der Waals surface area contributed by atoms with Gasteiger partial charge in [0.05, 0.1) is 6.10 Å². The fraction of sp³-hybridized carbons (Fsp3) is 0.889. The van der Waals surface area contributed by atoms with Gasteiger partial charge < -0.3 is 9.84 Å². The number of likely N-dealkylation sites (tertiary alicyclic amines) is 1. The molecule has 1 heterocycles. The van der Waals surface area contributed by atoms with Crippen molar-refractivity contribution >= 4 is 6.47 Å². The minimum Gasteiger partial charge on any atom is -0.446 e. The van der Waals surface area contributed by atoms with Crippen LogP contribution in [0.4, 0.5) is 0 Å². The van der Waals surface area contributed by atoms with Crippen molar-refractivity contribution < 1.29 is 14.6 Å². The second-order valence-corrected chi connectivity index (χ2v) is 3.88. The predicted molar refractivity (Wildman–Crippen MR) is 48.0 cm³/mol. The van der Waals surface area contributed by atoms with Crippen molar-refractivity contribution in [2.75, 3.05) is 13.1 Å². The zero-order valence-corrected chi connectivity index (χ0v) is 8.19. The van der Waals surface area contributed by atoms with Crippen LogP contribution in [-0.4, -0.2) is 41.4 Å². The zero-order valence-electron chi connectivity index (χ0n) is 8.19. The Morgan fingerprint density at radius 3 is 2.46 bits per heavy atom. The van der Waals surface area contributed by atoms with Gasteiger partial charge >= 0.3 is 0 Å². The molecule has 1 saturated heterocycles. The molecular formula is C9H17NO3. The lowest BCUT2D eigenvalue weighted by Gasteiger charge is -2.40. The lowest BCUT2D eigenvalue weighted by atomic mass is 10.1. The summed E-state index contributed by atoms with van der Waals surface area (Å²) in [7, 11) is 0. The van der Waals surface area contributed by atoms with Crippen molar-refractivity contribution in [3.63, 3.8) is 0 Å². The van der Waals surface area contributed by atoms with Gasteiger partial charge in [-0.1, -0.05) is 0 Å². The van der Waals surface area contributed by atoms with E-state index in [1.807, 2.05) is 13.8 Å². The molecule has 1 fully saturated rings. The van der Waals surface area contributed by atoms with Gasteiger partial charge in [0.15, 0.2) is 5.72 Å². The SMILES string of the molecule is CC(C)(OC=O)N1CCC(O)CC1. The summed E-state index contributed by atoms with van der Waals surface area (Å²) in [5.41, 5.74) is -0.540. The Kier molecular flexibility index (Phi) is 3.27. The van der Waals surface area contributed by atoms with Crippen molar-refractivity contribution in [1.82, 2.24) is 4.90 Å². The third-order valence-corrected chi connectivity index (χ3v) is 2.56. The summed E-state index contributed by atoms with van der Waals surface area (Å²) >= 11 is 0. The van der Waals surface area contributed by atoms with Crippen LogP contribution in [0, 0.1) is 0 Å². The molecule has 0 radical (unpaired) electrons. The highest BCUT2D eigenvalue weighted by atomic mass is 16.6. The van der Waals surface area contributed by atoms with Crippen LogP contribution < -0.4 is 0 Å². The lowest BCUT2D eigenvalue weighted by molar-refractivity contribution is -0.165. The molecule has 0 unspecified atom stereocenters. The summed E-state index contributed by atoms with van der Waals surface area (Å²) in [6, 6.07) is 0. The quantitative estimate of drug-likeness (QED) is 0.648. The Hall–Kier alpha value is -0.610. The van der Waals surface area contributed by atoms with Gasteiger partial charge in [0.25, 0.3) is 6.47 Å². The number of aliphatic hydroxyl groups excluding tert-OH is 1. The van der Waals surface area contributed by atoms with Gasteiger partial charge in [-0.15, -0.1) is 0 Å². The summed E-state index contributed by atoms with van der Waals surface area (Å²) in [6.07, 6.45) is 1.32. The maximum atomic E-state index is 10.2. The van der Waals surface area contributed by atoms with Gasteiger partial charge in [0, 0.05) is 13.1 Å². The summed E-state index contributed by atoms with van der Waals surface area (Å²) in [5.74, 6) is 0. The van der Waals surface area contributed by atoms with Gasteiger partial charge in [0.2, 0.25) is 0 Å². The Morgan fingerprint density at radius 2 is 2.00 bits per heavy atom. The number of piperidine rings is 1. The minimum atomic E-state index is -0.540. The third-order valence-electron chi connectivity index (χ3n) is 2.56. The largest absolute Gasteiger partial charge is 0.446 e. The van der Waals surface area contributed by atoms with E-state index in [9.17, 15) is 9.90 Å². The molecular weight excluding hydrogens is 170 g/mol. The van der Waals surface area contributed by atoms with E-state index in [1.54, 1.807) is 0 Å². The first-order valence-corrected chi connectivity index (χ1v) is 4.61. The van der Waals surface area contributed by atoms with E-state index in [0.717, 1.165) is 25.9 Å². The average molecular weight is 187 g/mol. The second kappa shape index (κ2) is 4.07. The molecule has 1 aliphatic heterocycles. The Bertz CT molecular complexity index is 174. The fourth-order valence-corrected chi connectivity index (χ4v) is 1.60. The number of ether oxygens (including phenoxy) is 1. The number of aliphatic hydroxyl groups is 1. The van der Waals surface area contributed by atoms with Crippen molar-refractivity contribution in [1.29, 1.82) is 0 Å². The highest BCUT2D eigenvalue weighted by Gasteiger charge is 2.31. The molecule has 0 atom stereocenters. The normalized spacial score (nSPS) is 21.5. The molecule has 0 amide bonds. The molecule has 0 aromatic rings. The van der Waals surface area contributed by atoms with Crippen molar-refractivity contribution in [3.05, 3.63) is 0 Å². The monoisotopic (exact) mass is 187 g/mol. The van der Waals surface area contributed by atoms with Crippen LogP contribution in [0.25, 0.3) is 0 Å². The summed E-state index contributed by atoms with van der Waals surface area (Å²) in [4.78, 5) is 12.3. The molecule has 1 rings (SSSR count). The average Bonchev–Trinajstić information content (AvgIpc) is 2.05. The Morgan fingerprint density at radius 1 is 1.46 bits per heavy atom. The first-order chi connectivity index (χ1) is 6.06. The topological polar surface area (TPSA) is 49.8 Å². The molecule has 0 bridgehead atoms. The van der Waals surface area contributed by atoms with Crippen molar-refractivity contribution in [2.45, 2.75) is 38.5 Å². The van der Waals surface area contributed by atoms with E-state index >= 15 is 0 Å². The molecule has 0 aliphatic carbocycles. The van der Waals surface area contributed by atoms with E-state index in [1.165, 1.54) is 0 Å². The van der Waals surface area contributed by atoms with Crippen molar-refractivity contribution in [3.8, 4) is 0 Å². The highest BCUT2D eigenvalue weighted by molar-refractivity contribution is 5.38. The van der Waals surface area contributed by atoms with E-state index < -0.39 is 5.72 Å². The molecule has 1 aliphatic rings. The van der Waals surface area contributed by atoms with Crippen LogP contribution in [0.5, 0.6) is 0 Å². The summed E-state index contributed by atoms with van der Waals surface area (Å²) in [6.45, 7) is 5.76. The fourth-order valence-electron chi connectivity index (χ4n) is 1.60. The second-order valence-electron chi connectivity index (χ2n) is 3.88. The lowest BCUT2D eigenvalue weighted by Crippen LogP contribution is -2.50. The van der Waals surface area contributed by atoms with E-state index in [-0.39, 0.29) is 6.10 Å². The molecule has 4 heteroatoms. The van der Waals surface area contributed by atoms with E-state index in [0.29, 0.717) is 6.47 Å². The molecule has 0 saturated carbocycles. The summed E-state index contributed by atoms with van der Waals surface area (Å²) < 4.78 is 4.97. The number of hydrogen-bond donors (Lipinski definition) is 1. The van der Waals surface area contributed by atoms with E-state index in [4.69, 9.17) is 4.74 Å². The third kappa shape index (κ3) is 2.67. The summed E-state index contributed by atoms with van der Waals surface area (Å²) in [5, 5.41) is 9.29. The predicted octanol–water partition coefficient (Wildman–Crippen LogP) is 0.352. The van der Waals surface area contributed by atoms with Crippen LogP contribution in [0.2, 0.25) is 0 Å². The zero-order chi connectivity index (χ0) is 9.90. The molecule has 0 spiro atoms. The molecule has 4 nitrogen and oxygen atoms in total. The first-order valence-electron chi connectivity index (χ1n) is 4.61. The molecule has 0 aromatic carbocycles. The van der Waals surface area contributed by atoms with Crippen LogP contribution >= 0.6 is 0 Å². The minimum absolute atomic E-state index is 0.191. The van der Waals surface area contributed by atoms with E-state index in [2.05, 4.69) is 4.90 Å². The van der Waals surface area contributed by atoms with Gasteiger partial charge in [-0.3, -0.25) is 9.69 Å². The number of carbonyl (C=O) groups excluding carboxylic acids is 1. The molecule has 13 heavy (non-hydrogen) atoms. The number of hydrogen-bond acceptors (Lipinski definition) is 4. The number of rotatable bonds is 3. The first kappa shape index (κ1) is 10.5. The number of nitrogens with zero attached hydrogens (tertiary/aromatic N) is 1. The van der Waals surface area contributed by atoms with Gasteiger partial charge in [-0.25, -0.2) is 0 Å². The Balaban J connectivity index is 2.47. The standard InChI is InChI=1S/C9H17NO3/c1-9(2,13-7-11)10-5-3-8(12)4-6-10/h7-8,12H,3-6H2,1-2H3. The highest BCUT2D eigenvalue weighted by Crippen LogP contribution is 2.20. The Labute approximate surface area is 78.5 Å². The van der Waals surface area contributed by atoms with Gasteiger partial charge in [-0.2, -0.15) is 0 Å². The van der Waals surface area contributed by atoms with Crippen LogP contribution in [0.3, 0.4) is 0 Å². The maximum Gasteiger partial charge on any atom is 0.294 e. The molecule has 1 N–H and O–H groups in total.